The van der Waals surface area contributed by atoms with Crippen molar-refractivity contribution in [3.05, 3.63) is 59.5 Å². The molecule has 0 bridgehead atoms. The summed E-state index contributed by atoms with van der Waals surface area (Å²) < 4.78 is 5.53. The molecule has 1 unspecified atom stereocenters. The van der Waals surface area contributed by atoms with Gasteiger partial charge in [-0.15, -0.1) is 0 Å². The zero-order valence-electron chi connectivity index (χ0n) is 12.1. The third kappa shape index (κ3) is 2.80. The van der Waals surface area contributed by atoms with Crippen LogP contribution in [-0.2, 0) is 0 Å². The fraction of sp³-hybridized carbons (Fsp3) is 0.444. The van der Waals surface area contributed by atoms with E-state index < -0.39 is 0 Å². The Bertz CT molecular complexity index is 509. The number of benzene rings is 1. The lowest BCUT2D eigenvalue weighted by Gasteiger charge is -2.22. The molecule has 0 radical (unpaired) electrons. The van der Waals surface area contributed by atoms with Gasteiger partial charge in [0.15, 0.2) is 0 Å². The number of furan rings is 1. The summed E-state index contributed by atoms with van der Waals surface area (Å²) in [5.74, 6) is 1.74. The quantitative estimate of drug-likeness (QED) is 0.875. The molecule has 1 saturated carbocycles. The van der Waals surface area contributed by atoms with Crippen LogP contribution in [0, 0.1) is 0 Å². The largest absolute Gasteiger partial charge is 0.467 e. The van der Waals surface area contributed by atoms with E-state index in [9.17, 15) is 0 Å². The highest BCUT2D eigenvalue weighted by Gasteiger charge is 2.17. The number of hydrogen-bond donors (Lipinski definition) is 1. The van der Waals surface area contributed by atoms with Crippen LogP contribution in [0.4, 0.5) is 0 Å². The molecule has 3 rings (SSSR count). The summed E-state index contributed by atoms with van der Waals surface area (Å²) in [6.45, 7) is 0. The molecule has 2 aromatic rings. The third-order valence-electron chi connectivity index (χ3n) is 4.46. The lowest BCUT2D eigenvalue weighted by Crippen LogP contribution is -2.17. The lowest BCUT2D eigenvalue weighted by molar-refractivity contribution is 0.443. The van der Waals surface area contributed by atoms with E-state index in [2.05, 4.69) is 29.6 Å². The Balaban J connectivity index is 1.78. The Labute approximate surface area is 121 Å². The van der Waals surface area contributed by atoms with Gasteiger partial charge in [-0.1, -0.05) is 43.5 Å². The molecule has 1 aromatic carbocycles. The second-order valence-electron chi connectivity index (χ2n) is 5.74. The van der Waals surface area contributed by atoms with Gasteiger partial charge in [0.05, 0.1) is 12.3 Å². The first kappa shape index (κ1) is 13.4. The SMILES string of the molecule is CNC(c1ccc(C2CCCCC2)cc1)c1ccco1. The third-order valence-corrected chi connectivity index (χ3v) is 4.46. The topological polar surface area (TPSA) is 25.2 Å². The van der Waals surface area contributed by atoms with E-state index >= 15 is 0 Å². The van der Waals surface area contributed by atoms with Crippen LogP contribution in [0.3, 0.4) is 0 Å². The molecule has 106 valence electrons. The zero-order chi connectivity index (χ0) is 13.8. The van der Waals surface area contributed by atoms with Gasteiger partial charge in [-0.05, 0) is 49.1 Å². The summed E-state index contributed by atoms with van der Waals surface area (Å²) in [6.07, 6.45) is 8.63. The van der Waals surface area contributed by atoms with Crippen LogP contribution in [0.5, 0.6) is 0 Å². The van der Waals surface area contributed by atoms with Gasteiger partial charge >= 0.3 is 0 Å². The van der Waals surface area contributed by atoms with Gasteiger partial charge in [-0.2, -0.15) is 0 Å². The Hall–Kier alpha value is -1.54. The summed E-state index contributed by atoms with van der Waals surface area (Å²) in [5, 5.41) is 3.33. The predicted molar refractivity (Wildman–Crippen MR) is 81.9 cm³/mol. The molecule has 20 heavy (non-hydrogen) atoms. The molecule has 1 aliphatic carbocycles. The molecule has 2 nitrogen and oxygen atoms in total. The van der Waals surface area contributed by atoms with Crippen molar-refractivity contribution in [1.29, 1.82) is 0 Å². The van der Waals surface area contributed by atoms with Crippen molar-refractivity contribution in [3.8, 4) is 0 Å². The van der Waals surface area contributed by atoms with E-state index in [1.165, 1.54) is 43.2 Å². The van der Waals surface area contributed by atoms with E-state index in [0.717, 1.165) is 11.7 Å². The fourth-order valence-corrected chi connectivity index (χ4v) is 3.33. The molecule has 1 N–H and O–H groups in total. The van der Waals surface area contributed by atoms with E-state index in [0.29, 0.717) is 0 Å². The Morgan fingerprint density at radius 3 is 2.40 bits per heavy atom. The number of rotatable bonds is 4. The number of hydrogen-bond acceptors (Lipinski definition) is 2. The fourth-order valence-electron chi connectivity index (χ4n) is 3.33. The van der Waals surface area contributed by atoms with Crippen molar-refractivity contribution >= 4 is 0 Å². The molecule has 1 atom stereocenters. The minimum atomic E-state index is 0.144. The van der Waals surface area contributed by atoms with E-state index in [1.54, 1.807) is 6.26 Å². The first-order valence-corrected chi connectivity index (χ1v) is 7.69. The normalized spacial score (nSPS) is 18.1. The van der Waals surface area contributed by atoms with Gasteiger partial charge in [0.2, 0.25) is 0 Å². The van der Waals surface area contributed by atoms with Gasteiger partial charge in [0.25, 0.3) is 0 Å². The molecule has 1 heterocycles. The van der Waals surface area contributed by atoms with Crippen molar-refractivity contribution in [3.63, 3.8) is 0 Å². The maximum absolute atomic E-state index is 5.53. The molecule has 0 amide bonds. The molecule has 1 fully saturated rings. The molecule has 2 heteroatoms. The van der Waals surface area contributed by atoms with Crippen LogP contribution in [0.2, 0.25) is 0 Å². The average Bonchev–Trinajstić information content (AvgIpc) is 3.04. The van der Waals surface area contributed by atoms with Gasteiger partial charge in [0.1, 0.15) is 5.76 Å². The minimum Gasteiger partial charge on any atom is -0.467 e. The Kier molecular flexibility index (Phi) is 4.22. The van der Waals surface area contributed by atoms with Crippen LogP contribution in [0.15, 0.2) is 47.1 Å². The molecular formula is C18H23NO. The van der Waals surface area contributed by atoms with E-state index in [1.807, 2.05) is 19.2 Å². The predicted octanol–water partition coefficient (Wildman–Crippen LogP) is 4.64. The average molecular weight is 269 g/mol. The lowest BCUT2D eigenvalue weighted by atomic mass is 9.83. The van der Waals surface area contributed by atoms with Gasteiger partial charge in [-0.25, -0.2) is 0 Å². The van der Waals surface area contributed by atoms with Gasteiger partial charge in [0, 0.05) is 0 Å². The van der Waals surface area contributed by atoms with E-state index in [-0.39, 0.29) is 6.04 Å². The smallest absolute Gasteiger partial charge is 0.125 e. The molecule has 0 spiro atoms. The monoisotopic (exact) mass is 269 g/mol. The van der Waals surface area contributed by atoms with Crippen LogP contribution in [-0.4, -0.2) is 7.05 Å². The van der Waals surface area contributed by atoms with Crippen molar-refractivity contribution < 1.29 is 4.42 Å². The first-order chi connectivity index (χ1) is 9.88. The van der Waals surface area contributed by atoms with Crippen LogP contribution < -0.4 is 5.32 Å². The summed E-state index contributed by atoms with van der Waals surface area (Å²) in [7, 11) is 1.97. The highest BCUT2D eigenvalue weighted by molar-refractivity contribution is 5.31. The molecule has 1 aliphatic rings. The highest BCUT2D eigenvalue weighted by atomic mass is 16.3. The van der Waals surface area contributed by atoms with Crippen LogP contribution in [0.25, 0.3) is 0 Å². The second kappa shape index (κ2) is 6.27. The summed E-state index contributed by atoms with van der Waals surface area (Å²) in [4.78, 5) is 0. The van der Waals surface area contributed by atoms with Crippen molar-refractivity contribution in [1.82, 2.24) is 5.32 Å². The highest BCUT2D eigenvalue weighted by Crippen LogP contribution is 2.33. The van der Waals surface area contributed by atoms with E-state index in [4.69, 9.17) is 4.42 Å². The van der Waals surface area contributed by atoms with Crippen LogP contribution in [0.1, 0.15) is 61.0 Å². The van der Waals surface area contributed by atoms with Gasteiger partial charge < -0.3 is 9.73 Å². The molecule has 0 aliphatic heterocycles. The molecule has 1 aromatic heterocycles. The summed E-state index contributed by atoms with van der Waals surface area (Å²) in [5.41, 5.74) is 2.77. The second-order valence-corrected chi connectivity index (χ2v) is 5.74. The maximum atomic E-state index is 5.53. The summed E-state index contributed by atoms with van der Waals surface area (Å²) >= 11 is 0. The van der Waals surface area contributed by atoms with Crippen molar-refractivity contribution in [2.45, 2.75) is 44.1 Å². The Morgan fingerprint density at radius 2 is 1.80 bits per heavy atom. The number of nitrogens with one attached hydrogen (secondary N) is 1. The summed E-state index contributed by atoms with van der Waals surface area (Å²) in [6, 6.07) is 13.2. The first-order valence-electron chi connectivity index (χ1n) is 7.69. The molecular weight excluding hydrogens is 246 g/mol. The Morgan fingerprint density at radius 1 is 1.05 bits per heavy atom. The maximum Gasteiger partial charge on any atom is 0.125 e. The zero-order valence-corrected chi connectivity index (χ0v) is 12.1. The molecule has 0 saturated heterocycles. The van der Waals surface area contributed by atoms with Crippen molar-refractivity contribution in [2.75, 3.05) is 7.05 Å². The minimum absolute atomic E-state index is 0.144. The standard InChI is InChI=1S/C18H23NO/c1-19-18(17-8-5-13-20-17)16-11-9-15(10-12-16)14-6-3-2-4-7-14/h5,8-14,18-19H,2-4,6-7H2,1H3. The van der Waals surface area contributed by atoms with Crippen LogP contribution >= 0.6 is 0 Å². The van der Waals surface area contributed by atoms with Crippen molar-refractivity contribution in [2.24, 2.45) is 0 Å². The van der Waals surface area contributed by atoms with Gasteiger partial charge in [-0.3, -0.25) is 0 Å².